The molecule has 3 unspecified atom stereocenters. The monoisotopic (exact) mass is 397 g/mol. The Balaban J connectivity index is 1.94. The number of aliphatic carboxylic acids is 1. The van der Waals surface area contributed by atoms with Crippen LogP contribution in [-0.2, 0) is 21.6 Å². The first-order valence-corrected chi connectivity index (χ1v) is 10.1. The van der Waals surface area contributed by atoms with E-state index in [0.717, 1.165) is 34.1 Å². The molecule has 0 spiro atoms. The second-order valence-electron chi connectivity index (χ2n) is 7.59. The van der Waals surface area contributed by atoms with Crippen molar-refractivity contribution in [3.8, 4) is 0 Å². The zero-order chi connectivity index (χ0) is 19.9. The van der Waals surface area contributed by atoms with Crippen LogP contribution in [0.1, 0.15) is 48.1 Å². The third-order valence-electron chi connectivity index (χ3n) is 5.86. The summed E-state index contributed by atoms with van der Waals surface area (Å²) in [5, 5.41) is 10.7. The van der Waals surface area contributed by atoms with Gasteiger partial charge in [-0.25, -0.2) is 0 Å². The van der Waals surface area contributed by atoms with E-state index >= 15 is 0 Å². The van der Waals surface area contributed by atoms with E-state index in [1.807, 2.05) is 37.3 Å². The van der Waals surface area contributed by atoms with E-state index in [9.17, 15) is 9.90 Å². The lowest BCUT2D eigenvalue weighted by Crippen LogP contribution is -2.42. The fourth-order valence-electron chi connectivity index (χ4n) is 4.50. The standard InChI is InChI=1S/C23H24ClNO3/c1-3-23(13-18(26)27)21-20(19-14(2)8-7-11-17(19)25-21)16(22(24)28-23)12-15-9-5-4-6-10-15/h4-11,16,22,25H,3,12-13H2,1-2H3,(H,26,27). The van der Waals surface area contributed by atoms with E-state index in [1.165, 1.54) is 5.56 Å². The highest BCUT2D eigenvalue weighted by Crippen LogP contribution is 2.50. The van der Waals surface area contributed by atoms with Gasteiger partial charge in [-0.15, -0.1) is 0 Å². The molecule has 0 amide bonds. The number of fused-ring (bicyclic) bond motifs is 3. The highest BCUT2D eigenvalue weighted by Gasteiger charge is 2.47. The molecule has 0 saturated heterocycles. The summed E-state index contributed by atoms with van der Waals surface area (Å²) >= 11 is 6.79. The van der Waals surface area contributed by atoms with Crippen molar-refractivity contribution in [1.29, 1.82) is 0 Å². The molecule has 146 valence electrons. The van der Waals surface area contributed by atoms with Crippen LogP contribution in [0.15, 0.2) is 48.5 Å². The minimum absolute atomic E-state index is 0.0672. The van der Waals surface area contributed by atoms with Gasteiger partial charge in [0.2, 0.25) is 0 Å². The molecule has 0 aliphatic carbocycles. The van der Waals surface area contributed by atoms with Gasteiger partial charge in [-0.2, -0.15) is 0 Å². The summed E-state index contributed by atoms with van der Waals surface area (Å²) in [6, 6.07) is 16.3. The number of aromatic amines is 1. The van der Waals surface area contributed by atoms with Gasteiger partial charge in [-0.1, -0.05) is 61.0 Å². The number of aromatic nitrogens is 1. The summed E-state index contributed by atoms with van der Waals surface area (Å²) in [6.45, 7) is 4.03. The Morgan fingerprint density at radius 3 is 2.64 bits per heavy atom. The number of alkyl halides is 1. The van der Waals surface area contributed by atoms with Crippen LogP contribution in [0, 0.1) is 6.92 Å². The molecule has 1 aliphatic rings. The Morgan fingerprint density at radius 2 is 1.96 bits per heavy atom. The summed E-state index contributed by atoms with van der Waals surface area (Å²) in [6.07, 6.45) is 1.14. The molecular formula is C23H24ClNO3. The zero-order valence-corrected chi connectivity index (χ0v) is 16.8. The number of aryl methyl sites for hydroxylation is 1. The summed E-state index contributed by atoms with van der Waals surface area (Å²) in [7, 11) is 0. The van der Waals surface area contributed by atoms with Crippen LogP contribution in [0.25, 0.3) is 10.9 Å². The fourth-order valence-corrected chi connectivity index (χ4v) is 4.88. The quantitative estimate of drug-likeness (QED) is 0.560. The maximum absolute atomic E-state index is 11.7. The molecule has 1 aromatic heterocycles. The molecule has 0 saturated carbocycles. The van der Waals surface area contributed by atoms with Crippen molar-refractivity contribution in [2.45, 2.75) is 50.2 Å². The van der Waals surface area contributed by atoms with Crippen LogP contribution < -0.4 is 0 Å². The molecule has 2 heterocycles. The minimum atomic E-state index is -0.952. The van der Waals surface area contributed by atoms with E-state index in [-0.39, 0.29) is 12.3 Å². The van der Waals surface area contributed by atoms with E-state index in [1.54, 1.807) is 0 Å². The van der Waals surface area contributed by atoms with E-state index in [4.69, 9.17) is 16.3 Å². The lowest BCUT2D eigenvalue weighted by Gasteiger charge is -2.42. The molecule has 3 aromatic rings. The molecule has 3 atom stereocenters. The summed E-state index contributed by atoms with van der Waals surface area (Å²) in [5.41, 5.74) is 3.74. The van der Waals surface area contributed by atoms with Gasteiger partial charge in [-0.05, 0) is 42.5 Å². The zero-order valence-electron chi connectivity index (χ0n) is 16.0. The van der Waals surface area contributed by atoms with Gasteiger partial charge in [0, 0.05) is 16.8 Å². The average Bonchev–Trinajstić information content (AvgIpc) is 3.07. The van der Waals surface area contributed by atoms with Crippen molar-refractivity contribution in [3.05, 3.63) is 70.9 Å². The van der Waals surface area contributed by atoms with Crippen molar-refractivity contribution in [1.82, 2.24) is 4.98 Å². The first kappa shape index (κ1) is 19.0. The number of benzene rings is 2. The molecule has 2 N–H and O–H groups in total. The smallest absolute Gasteiger partial charge is 0.306 e. The number of carboxylic acids is 1. The van der Waals surface area contributed by atoms with Crippen LogP contribution in [0.5, 0.6) is 0 Å². The van der Waals surface area contributed by atoms with Crippen molar-refractivity contribution in [2.24, 2.45) is 0 Å². The Kier molecular flexibility index (Phi) is 4.94. The SMILES string of the molecule is CCC1(CC(=O)O)OC(Cl)C(Cc2ccccc2)c2c1[nH]c1cccc(C)c21. The van der Waals surface area contributed by atoms with E-state index in [2.05, 4.69) is 30.1 Å². The summed E-state index contributed by atoms with van der Waals surface area (Å²) < 4.78 is 6.27. The molecule has 0 bridgehead atoms. The van der Waals surface area contributed by atoms with Crippen LogP contribution >= 0.6 is 11.6 Å². The molecule has 4 rings (SSSR count). The Hall–Kier alpha value is -2.30. The first-order chi connectivity index (χ1) is 13.4. The van der Waals surface area contributed by atoms with Crippen LogP contribution in [0.3, 0.4) is 0 Å². The van der Waals surface area contributed by atoms with Crippen LogP contribution in [0.4, 0.5) is 0 Å². The number of hydrogen-bond donors (Lipinski definition) is 2. The molecule has 5 heteroatoms. The molecule has 28 heavy (non-hydrogen) atoms. The van der Waals surface area contributed by atoms with Crippen molar-refractivity contribution >= 4 is 28.5 Å². The number of nitrogens with one attached hydrogen (secondary N) is 1. The Morgan fingerprint density at radius 1 is 1.21 bits per heavy atom. The maximum Gasteiger partial charge on any atom is 0.306 e. The number of carbonyl (C=O) groups is 1. The van der Waals surface area contributed by atoms with Gasteiger partial charge in [0.15, 0.2) is 0 Å². The third-order valence-corrected chi connectivity index (χ3v) is 6.25. The van der Waals surface area contributed by atoms with Crippen LogP contribution in [0.2, 0.25) is 0 Å². The largest absolute Gasteiger partial charge is 0.481 e. The molecule has 1 aliphatic heterocycles. The summed E-state index contributed by atoms with van der Waals surface area (Å²) in [4.78, 5) is 15.2. The fraction of sp³-hybridized carbons (Fsp3) is 0.348. The predicted octanol–water partition coefficient (Wildman–Crippen LogP) is 5.48. The van der Waals surface area contributed by atoms with Gasteiger partial charge in [0.05, 0.1) is 12.1 Å². The summed E-state index contributed by atoms with van der Waals surface area (Å²) in [5.74, 6) is -0.962. The normalized spacial score (nSPS) is 24.2. The average molecular weight is 398 g/mol. The Labute approximate surface area is 169 Å². The molecule has 0 radical (unpaired) electrons. The van der Waals surface area contributed by atoms with Gasteiger partial charge in [0.25, 0.3) is 0 Å². The number of rotatable bonds is 5. The second-order valence-corrected chi connectivity index (χ2v) is 8.02. The molecule has 2 aromatic carbocycles. The number of H-pyrrole nitrogens is 1. The molecule has 4 nitrogen and oxygen atoms in total. The van der Waals surface area contributed by atoms with E-state index < -0.39 is 17.1 Å². The molecule has 0 fully saturated rings. The maximum atomic E-state index is 11.7. The van der Waals surface area contributed by atoms with Crippen molar-refractivity contribution in [3.63, 3.8) is 0 Å². The number of ether oxygens (including phenoxy) is 1. The van der Waals surface area contributed by atoms with Gasteiger partial charge in [-0.3, -0.25) is 4.79 Å². The lowest BCUT2D eigenvalue weighted by molar-refractivity contribution is -0.152. The van der Waals surface area contributed by atoms with Crippen LogP contribution in [-0.4, -0.2) is 21.6 Å². The van der Waals surface area contributed by atoms with Gasteiger partial charge < -0.3 is 14.8 Å². The van der Waals surface area contributed by atoms with Gasteiger partial charge >= 0.3 is 5.97 Å². The van der Waals surface area contributed by atoms with Gasteiger partial charge in [0.1, 0.15) is 11.2 Å². The Bertz CT molecular complexity index is 1010. The predicted molar refractivity (Wildman–Crippen MR) is 111 cm³/mol. The highest BCUT2D eigenvalue weighted by molar-refractivity contribution is 6.20. The number of hydrogen-bond acceptors (Lipinski definition) is 2. The van der Waals surface area contributed by atoms with E-state index in [0.29, 0.717) is 6.42 Å². The van der Waals surface area contributed by atoms with Crippen molar-refractivity contribution in [2.75, 3.05) is 0 Å². The third kappa shape index (κ3) is 3.11. The molecular weight excluding hydrogens is 374 g/mol. The number of carboxylic acid groups (broad SMARTS) is 1. The highest BCUT2D eigenvalue weighted by atomic mass is 35.5. The minimum Gasteiger partial charge on any atom is -0.481 e. The number of halogens is 1. The first-order valence-electron chi connectivity index (χ1n) is 9.64. The second kappa shape index (κ2) is 7.26. The topological polar surface area (TPSA) is 62.3 Å². The van der Waals surface area contributed by atoms with Crippen molar-refractivity contribution < 1.29 is 14.6 Å². The lowest BCUT2D eigenvalue weighted by atomic mass is 9.79.